The van der Waals surface area contributed by atoms with Crippen molar-refractivity contribution < 1.29 is 33.7 Å². The number of benzene rings is 2. The highest BCUT2D eigenvalue weighted by Gasteiger charge is 2.24. The lowest BCUT2D eigenvalue weighted by Gasteiger charge is -2.18. The van der Waals surface area contributed by atoms with Gasteiger partial charge in [-0.25, -0.2) is 9.59 Å². The normalized spacial score (nSPS) is 13.2. The molecule has 1 aliphatic rings. The van der Waals surface area contributed by atoms with Gasteiger partial charge >= 0.3 is 12.1 Å². The van der Waals surface area contributed by atoms with Crippen molar-refractivity contribution in [2.45, 2.75) is 26.0 Å². The fourth-order valence-electron chi connectivity index (χ4n) is 3.42. The van der Waals surface area contributed by atoms with Gasteiger partial charge < -0.3 is 40.6 Å². The summed E-state index contributed by atoms with van der Waals surface area (Å²) in [5.74, 6) is -0.568. The highest BCUT2D eigenvalue weighted by molar-refractivity contribution is 5.97. The van der Waals surface area contributed by atoms with E-state index >= 15 is 0 Å². The summed E-state index contributed by atoms with van der Waals surface area (Å²) in [6.45, 7) is 3.93. The molecule has 2 amide bonds. The van der Waals surface area contributed by atoms with Crippen LogP contribution in [0.1, 0.15) is 29.3 Å². The average Bonchev–Trinajstić information content (AvgIpc) is 2.93. The maximum atomic E-state index is 12.7. The van der Waals surface area contributed by atoms with Gasteiger partial charge in [0.05, 0.1) is 18.7 Å². The first kappa shape index (κ1) is 28.1. The fourth-order valence-corrected chi connectivity index (χ4v) is 3.42. The van der Waals surface area contributed by atoms with Crippen LogP contribution < -0.4 is 26.0 Å². The van der Waals surface area contributed by atoms with Crippen molar-refractivity contribution in [3.63, 3.8) is 0 Å². The van der Waals surface area contributed by atoms with Crippen LogP contribution in [0.25, 0.3) is 0 Å². The van der Waals surface area contributed by atoms with E-state index in [0.717, 1.165) is 31.0 Å². The smallest absolute Gasteiger partial charge is 0.408 e. The molecule has 0 fully saturated rings. The standard InChI is InChI=1S/C26H33N5O7/c1-2-36-24(34)21(31-26(35)38-17-18-7-4-3-5-8-18)16-30-23(33)20-10-9-19(15-22(20)32)37-14-13-29-25-27-11-6-12-28-25/h3-5,7-10,15,21,32H,2,6,11-14,16-17H2,1H3,(H,30,33)(H,31,35)(H2,27,28,29). The molecule has 0 bridgehead atoms. The molecule has 3 rings (SSSR count). The minimum Gasteiger partial charge on any atom is -0.507 e. The number of phenolic OH excluding ortho intramolecular Hbond substituents is 1. The lowest BCUT2D eigenvalue weighted by molar-refractivity contribution is -0.145. The van der Waals surface area contributed by atoms with Gasteiger partial charge in [0.15, 0.2) is 5.96 Å². The summed E-state index contributed by atoms with van der Waals surface area (Å²) in [7, 11) is 0. The minimum atomic E-state index is -1.19. The van der Waals surface area contributed by atoms with E-state index in [9.17, 15) is 19.5 Å². The number of esters is 1. The first-order valence-electron chi connectivity index (χ1n) is 12.4. The molecule has 0 aliphatic carbocycles. The molecule has 1 atom stereocenters. The molecule has 0 spiro atoms. The predicted molar refractivity (Wildman–Crippen MR) is 139 cm³/mol. The Kier molecular flexibility index (Phi) is 11.0. The van der Waals surface area contributed by atoms with E-state index in [4.69, 9.17) is 14.2 Å². The maximum Gasteiger partial charge on any atom is 0.408 e. The summed E-state index contributed by atoms with van der Waals surface area (Å²) in [5, 5.41) is 21.5. The van der Waals surface area contributed by atoms with Gasteiger partial charge in [-0.1, -0.05) is 30.3 Å². The van der Waals surface area contributed by atoms with Crippen LogP contribution in [0.2, 0.25) is 0 Å². The second-order valence-corrected chi connectivity index (χ2v) is 8.19. The fraction of sp³-hybridized carbons (Fsp3) is 0.385. The number of guanidine groups is 1. The number of amides is 2. The van der Waals surface area contributed by atoms with Gasteiger partial charge in [0, 0.05) is 25.7 Å². The molecule has 1 unspecified atom stereocenters. The number of carbonyl (C=O) groups excluding carboxylic acids is 3. The first-order valence-corrected chi connectivity index (χ1v) is 12.4. The number of hydrogen-bond donors (Lipinski definition) is 5. The first-order chi connectivity index (χ1) is 18.5. The lowest BCUT2D eigenvalue weighted by Crippen LogP contribution is -2.49. The lowest BCUT2D eigenvalue weighted by atomic mass is 10.1. The summed E-state index contributed by atoms with van der Waals surface area (Å²) in [6.07, 6.45) is 0.161. The third kappa shape index (κ3) is 9.19. The molecule has 0 saturated carbocycles. The van der Waals surface area contributed by atoms with Gasteiger partial charge in [-0.2, -0.15) is 0 Å². The summed E-state index contributed by atoms with van der Waals surface area (Å²) in [6, 6.07) is 12.1. The Labute approximate surface area is 220 Å². The van der Waals surface area contributed by atoms with E-state index in [2.05, 4.69) is 26.3 Å². The molecule has 12 nitrogen and oxygen atoms in total. The van der Waals surface area contributed by atoms with Crippen LogP contribution in [-0.4, -0.2) is 74.5 Å². The zero-order valence-electron chi connectivity index (χ0n) is 21.2. The van der Waals surface area contributed by atoms with Crippen molar-refractivity contribution in [3.05, 3.63) is 59.7 Å². The van der Waals surface area contributed by atoms with Crippen molar-refractivity contribution in [1.29, 1.82) is 0 Å². The third-order valence-electron chi connectivity index (χ3n) is 5.32. The summed E-state index contributed by atoms with van der Waals surface area (Å²) >= 11 is 0. The highest BCUT2D eigenvalue weighted by Crippen LogP contribution is 2.23. The number of nitrogens with one attached hydrogen (secondary N) is 4. The van der Waals surface area contributed by atoms with E-state index in [-0.39, 0.29) is 31.1 Å². The number of alkyl carbamates (subject to hydrolysis) is 1. The number of phenols is 1. The molecule has 2 aromatic carbocycles. The van der Waals surface area contributed by atoms with Crippen LogP contribution in [0.3, 0.4) is 0 Å². The van der Waals surface area contributed by atoms with Crippen molar-refractivity contribution >= 4 is 23.9 Å². The van der Waals surface area contributed by atoms with E-state index < -0.39 is 24.0 Å². The molecule has 1 heterocycles. The van der Waals surface area contributed by atoms with Gasteiger partial charge in [-0.15, -0.1) is 0 Å². The molecule has 0 aromatic heterocycles. The number of rotatable bonds is 12. The third-order valence-corrected chi connectivity index (χ3v) is 5.32. The van der Waals surface area contributed by atoms with Gasteiger partial charge in [-0.05, 0) is 31.0 Å². The molecular formula is C26H33N5O7. The zero-order chi connectivity index (χ0) is 27.2. The number of nitrogens with zero attached hydrogens (tertiary/aromatic N) is 1. The Balaban J connectivity index is 1.48. The van der Waals surface area contributed by atoms with Crippen LogP contribution >= 0.6 is 0 Å². The quantitative estimate of drug-likeness (QED) is 0.202. The van der Waals surface area contributed by atoms with E-state index in [1.165, 1.54) is 12.1 Å². The molecule has 12 heteroatoms. The molecule has 5 N–H and O–H groups in total. The SMILES string of the molecule is CCOC(=O)C(CNC(=O)c1ccc(OCCNC2=NCCCN2)cc1O)NC(=O)OCc1ccccc1. The number of ether oxygens (including phenoxy) is 3. The predicted octanol–water partition coefficient (Wildman–Crippen LogP) is 1.30. The molecular weight excluding hydrogens is 494 g/mol. The van der Waals surface area contributed by atoms with Gasteiger partial charge in [0.1, 0.15) is 30.8 Å². The number of carbonyl (C=O) groups is 3. The Morgan fingerprint density at radius 2 is 1.95 bits per heavy atom. The topological polar surface area (TPSA) is 160 Å². The molecule has 0 radical (unpaired) electrons. The summed E-state index contributed by atoms with van der Waals surface area (Å²) in [4.78, 5) is 41.5. The molecule has 204 valence electrons. The Hall–Kier alpha value is -4.48. The van der Waals surface area contributed by atoms with E-state index in [0.29, 0.717) is 18.9 Å². The van der Waals surface area contributed by atoms with Crippen LogP contribution in [0, 0.1) is 0 Å². The number of aromatic hydroxyl groups is 1. The number of aliphatic imine (C=N–C) groups is 1. The van der Waals surface area contributed by atoms with E-state index in [1.54, 1.807) is 25.1 Å². The van der Waals surface area contributed by atoms with Crippen LogP contribution in [-0.2, 0) is 20.9 Å². The molecule has 2 aromatic rings. The van der Waals surface area contributed by atoms with Crippen molar-refractivity contribution in [1.82, 2.24) is 21.3 Å². The van der Waals surface area contributed by atoms with Crippen LogP contribution in [0.4, 0.5) is 4.79 Å². The van der Waals surface area contributed by atoms with Crippen molar-refractivity contribution in [2.24, 2.45) is 4.99 Å². The second kappa shape index (κ2) is 14.9. The van der Waals surface area contributed by atoms with E-state index in [1.807, 2.05) is 18.2 Å². The zero-order valence-corrected chi connectivity index (χ0v) is 21.2. The van der Waals surface area contributed by atoms with Crippen LogP contribution in [0.5, 0.6) is 11.5 Å². The van der Waals surface area contributed by atoms with Gasteiger partial charge in [-0.3, -0.25) is 9.79 Å². The average molecular weight is 528 g/mol. The van der Waals surface area contributed by atoms with Gasteiger partial charge in [0.25, 0.3) is 5.91 Å². The number of hydrogen-bond acceptors (Lipinski definition) is 10. The Bertz CT molecular complexity index is 1110. The minimum absolute atomic E-state index is 0.0125. The van der Waals surface area contributed by atoms with Crippen LogP contribution in [0.15, 0.2) is 53.5 Å². The largest absolute Gasteiger partial charge is 0.507 e. The highest BCUT2D eigenvalue weighted by atomic mass is 16.6. The Morgan fingerprint density at radius 3 is 2.66 bits per heavy atom. The summed E-state index contributed by atoms with van der Waals surface area (Å²) in [5.41, 5.74) is 0.754. The molecule has 38 heavy (non-hydrogen) atoms. The monoisotopic (exact) mass is 527 g/mol. The summed E-state index contributed by atoms with van der Waals surface area (Å²) < 4.78 is 15.7. The van der Waals surface area contributed by atoms with Gasteiger partial charge in [0.2, 0.25) is 0 Å². The molecule has 0 saturated heterocycles. The van der Waals surface area contributed by atoms with Crippen molar-refractivity contribution in [3.8, 4) is 11.5 Å². The second-order valence-electron chi connectivity index (χ2n) is 8.19. The Morgan fingerprint density at radius 1 is 1.13 bits per heavy atom. The maximum absolute atomic E-state index is 12.7. The molecule has 1 aliphatic heterocycles. The van der Waals surface area contributed by atoms with Crippen molar-refractivity contribution in [2.75, 3.05) is 39.4 Å².